The van der Waals surface area contributed by atoms with E-state index in [-0.39, 0.29) is 0 Å². The van der Waals surface area contributed by atoms with Crippen LogP contribution in [-0.4, -0.2) is 75.6 Å². The predicted molar refractivity (Wildman–Crippen MR) is 168 cm³/mol. The van der Waals surface area contributed by atoms with Gasteiger partial charge in [0, 0.05) is 33.0 Å². The third kappa shape index (κ3) is 16.3. The summed E-state index contributed by atoms with van der Waals surface area (Å²) in [4.78, 5) is 0. The summed E-state index contributed by atoms with van der Waals surface area (Å²) in [6.45, 7) is 17.7. The van der Waals surface area contributed by atoms with E-state index in [1.54, 1.807) is 0 Å². The Labute approximate surface area is 281 Å². The normalized spacial score (nSPS) is 14.3. The van der Waals surface area contributed by atoms with Gasteiger partial charge in [-0.2, -0.15) is 0 Å². The van der Waals surface area contributed by atoms with Crippen molar-refractivity contribution in [3.8, 4) is 5.75 Å². The van der Waals surface area contributed by atoms with Crippen molar-refractivity contribution in [2.75, 3.05) is 53.2 Å². The molecule has 2 atom stereocenters. The molecule has 2 unspecified atom stereocenters. The smallest absolute Gasteiger partial charge is 0.351 e. The summed E-state index contributed by atoms with van der Waals surface area (Å²) in [5, 5.41) is 0. The van der Waals surface area contributed by atoms with Crippen LogP contribution in [0.1, 0.15) is 113 Å². The minimum atomic E-state index is -4.94. The van der Waals surface area contributed by atoms with E-state index in [0.717, 1.165) is 25.3 Å². The summed E-state index contributed by atoms with van der Waals surface area (Å²) < 4.78 is 73.8. The molecule has 1 rings (SSSR count). The molecule has 0 aliphatic rings. The fourth-order valence-electron chi connectivity index (χ4n) is 5.58. The monoisotopic (exact) mass is 681 g/mol. The molecule has 0 fully saturated rings. The molecule has 0 aromatic heterocycles. The van der Waals surface area contributed by atoms with Gasteiger partial charge in [-0.25, -0.2) is 18.6 Å². The number of unbranched alkanes of at least 4 members (excludes halogenated alkanes) is 9. The standard InChI is InChI=1S/C34H64NO6.ClHO4/c1-9-16-17-18-19-20-21-22-23-27-30-35(8,10-2)32(41-31-28-25-24-26-29-31)33(36-11-3,37-12-4)34(38-13-5,39-14-6)40-15-7;2-1(3,4)5/h24-26,28-29,32H,9-23,27,30H2,1-8H3;(H,2,3,4,5)/q+1;/p-1. The van der Waals surface area contributed by atoms with Gasteiger partial charge in [0.2, 0.25) is 0 Å². The molecule has 0 amide bonds. The maximum absolute atomic E-state index is 8.49. The van der Waals surface area contributed by atoms with Crippen LogP contribution in [0.5, 0.6) is 5.75 Å². The molecule has 12 heteroatoms. The average molecular weight is 682 g/mol. The molecule has 0 N–H and O–H groups in total. The minimum absolute atomic E-state index is 0.355. The van der Waals surface area contributed by atoms with Crippen LogP contribution in [-0.2, 0) is 23.7 Å². The molecule has 46 heavy (non-hydrogen) atoms. The number of benzene rings is 1. The number of ether oxygens (including phenoxy) is 6. The van der Waals surface area contributed by atoms with Gasteiger partial charge >= 0.3 is 11.8 Å². The van der Waals surface area contributed by atoms with Crippen LogP contribution in [0.4, 0.5) is 0 Å². The second-order valence-corrected chi connectivity index (χ2v) is 12.0. The number of hydrogen-bond acceptors (Lipinski definition) is 10. The van der Waals surface area contributed by atoms with Crippen molar-refractivity contribution in [3.05, 3.63) is 30.3 Å². The first-order valence-electron chi connectivity index (χ1n) is 17.3. The number of para-hydroxylation sites is 1. The topological polar surface area (TPSA) is 148 Å². The second-order valence-electron chi connectivity index (χ2n) is 11.3. The van der Waals surface area contributed by atoms with Gasteiger partial charge in [-0.05, 0) is 66.5 Å². The number of likely N-dealkylation sites (N-methyl/N-ethyl adjacent to an activating group) is 1. The lowest BCUT2D eigenvalue weighted by Crippen LogP contribution is -2.76. The molecular weight excluding hydrogens is 618 g/mol. The van der Waals surface area contributed by atoms with E-state index in [2.05, 4.69) is 20.9 Å². The molecule has 0 saturated heterocycles. The molecule has 0 saturated carbocycles. The number of hydrogen-bond donors (Lipinski definition) is 0. The SMILES string of the molecule is CCCCCCCCCCCC[N+](C)(CC)C(Oc1ccccc1)C(OCC)(OCC)C(OCC)(OCC)OCC.[O-][Cl+3]([O-])([O-])[O-]. The lowest BCUT2D eigenvalue weighted by atomic mass is 10.0. The van der Waals surface area contributed by atoms with Crippen LogP contribution in [0.3, 0.4) is 0 Å². The van der Waals surface area contributed by atoms with E-state index < -0.39 is 28.2 Å². The highest BCUT2D eigenvalue weighted by Crippen LogP contribution is 2.42. The van der Waals surface area contributed by atoms with Crippen LogP contribution < -0.4 is 23.4 Å². The van der Waals surface area contributed by atoms with E-state index >= 15 is 0 Å². The van der Waals surface area contributed by atoms with Gasteiger partial charge < -0.3 is 28.4 Å². The Morgan fingerprint density at radius 3 is 1.37 bits per heavy atom. The quantitative estimate of drug-likeness (QED) is 0.0767. The van der Waals surface area contributed by atoms with Gasteiger partial charge in [-0.3, -0.25) is 4.48 Å². The highest BCUT2D eigenvalue weighted by Gasteiger charge is 2.70. The Bertz CT molecular complexity index is 816. The summed E-state index contributed by atoms with van der Waals surface area (Å²) in [5.41, 5.74) is 0. The first-order valence-corrected chi connectivity index (χ1v) is 18.5. The van der Waals surface area contributed by atoms with Crippen molar-refractivity contribution in [2.24, 2.45) is 0 Å². The van der Waals surface area contributed by atoms with E-state index in [0.29, 0.717) is 37.5 Å². The van der Waals surface area contributed by atoms with Crippen LogP contribution in [0.2, 0.25) is 0 Å². The largest absolute Gasteiger partial charge is 0.437 e. The highest BCUT2D eigenvalue weighted by molar-refractivity contribution is 5.21. The molecule has 1 aromatic rings. The predicted octanol–water partition coefficient (Wildman–Crippen LogP) is 3.56. The maximum atomic E-state index is 8.49. The lowest BCUT2D eigenvalue weighted by molar-refractivity contribution is -2.00. The Kier molecular flexibility index (Phi) is 24.4. The van der Waals surface area contributed by atoms with Crippen molar-refractivity contribution in [1.82, 2.24) is 0 Å². The van der Waals surface area contributed by atoms with E-state index in [1.807, 2.05) is 65.0 Å². The minimum Gasteiger partial charge on any atom is -0.437 e. The zero-order chi connectivity index (χ0) is 35.0. The van der Waals surface area contributed by atoms with Gasteiger partial charge in [0.05, 0.1) is 20.1 Å². The van der Waals surface area contributed by atoms with Crippen molar-refractivity contribution in [3.63, 3.8) is 0 Å². The van der Waals surface area contributed by atoms with Gasteiger partial charge in [0.15, 0.2) is 0 Å². The van der Waals surface area contributed by atoms with Gasteiger partial charge in [-0.15, -0.1) is 10.2 Å². The van der Waals surface area contributed by atoms with Crippen molar-refractivity contribution < 1.29 is 61.8 Å². The van der Waals surface area contributed by atoms with Crippen LogP contribution in [0, 0.1) is 10.2 Å². The number of quaternary nitrogens is 1. The third-order valence-corrected chi connectivity index (χ3v) is 7.77. The number of nitrogens with zero attached hydrogens (tertiary/aromatic N) is 1. The second kappa shape index (κ2) is 25.0. The molecule has 0 aliphatic carbocycles. The van der Waals surface area contributed by atoms with Gasteiger partial charge in [-0.1, -0.05) is 76.5 Å². The summed E-state index contributed by atoms with van der Waals surface area (Å²) in [6.07, 6.45) is 12.3. The molecule has 0 radical (unpaired) electrons. The zero-order valence-electron chi connectivity index (χ0n) is 29.9. The highest BCUT2D eigenvalue weighted by atomic mass is 35.7. The summed E-state index contributed by atoms with van der Waals surface area (Å²) in [7, 11) is -2.72. The van der Waals surface area contributed by atoms with Crippen LogP contribution in [0.25, 0.3) is 0 Å². The fourth-order valence-corrected chi connectivity index (χ4v) is 5.58. The molecule has 0 aliphatic heterocycles. The Balaban J connectivity index is 0.00000373. The third-order valence-electron chi connectivity index (χ3n) is 7.77. The number of halogens is 1. The van der Waals surface area contributed by atoms with Crippen molar-refractivity contribution >= 4 is 0 Å². The van der Waals surface area contributed by atoms with E-state index in [9.17, 15) is 0 Å². The Hall–Kier alpha value is -1.09. The lowest BCUT2D eigenvalue weighted by Gasteiger charge is -2.53. The molecule has 272 valence electrons. The maximum Gasteiger partial charge on any atom is 0.351 e. The molecule has 1 aromatic carbocycles. The first kappa shape index (κ1) is 44.9. The van der Waals surface area contributed by atoms with Crippen LogP contribution >= 0.6 is 0 Å². The van der Waals surface area contributed by atoms with E-state index in [4.69, 9.17) is 47.1 Å². The molecule has 11 nitrogen and oxygen atoms in total. The van der Waals surface area contributed by atoms with E-state index in [1.165, 1.54) is 57.8 Å². The average Bonchev–Trinajstić information content (AvgIpc) is 3.00. The zero-order valence-corrected chi connectivity index (χ0v) is 30.6. The fraction of sp³-hybridized carbons (Fsp3) is 0.824. The molecule has 0 heterocycles. The van der Waals surface area contributed by atoms with Gasteiger partial charge in [0.25, 0.3) is 6.23 Å². The summed E-state index contributed by atoms with van der Waals surface area (Å²) in [6, 6.07) is 9.90. The first-order chi connectivity index (χ1) is 21.9. The summed E-state index contributed by atoms with van der Waals surface area (Å²) in [5.74, 6) is -2.39. The van der Waals surface area contributed by atoms with Crippen molar-refractivity contribution in [2.45, 2.75) is 131 Å². The van der Waals surface area contributed by atoms with Gasteiger partial charge in [0.1, 0.15) is 5.75 Å². The Morgan fingerprint density at radius 2 is 1.00 bits per heavy atom. The summed E-state index contributed by atoms with van der Waals surface area (Å²) >= 11 is 0. The number of rotatable bonds is 27. The Morgan fingerprint density at radius 1 is 0.609 bits per heavy atom. The molecule has 0 bridgehead atoms. The van der Waals surface area contributed by atoms with Crippen molar-refractivity contribution in [1.29, 1.82) is 0 Å². The molecular formula is C34H64ClNO10. The molecule has 0 spiro atoms. The van der Waals surface area contributed by atoms with Crippen LogP contribution in [0.15, 0.2) is 30.3 Å².